The Morgan fingerprint density at radius 2 is 2.12 bits per heavy atom. The van der Waals surface area contributed by atoms with Crippen molar-refractivity contribution in [3.63, 3.8) is 0 Å². The Bertz CT molecular complexity index is 466. The molecule has 2 bridgehead atoms. The maximum Gasteiger partial charge on any atom is 0.167 e. The van der Waals surface area contributed by atoms with Crippen LogP contribution in [-0.2, 0) is 0 Å². The first kappa shape index (κ1) is 11.0. The van der Waals surface area contributed by atoms with E-state index in [1.165, 1.54) is 18.4 Å². The van der Waals surface area contributed by atoms with Gasteiger partial charge in [-0.1, -0.05) is 17.7 Å². The summed E-state index contributed by atoms with van der Waals surface area (Å²) in [6.07, 6.45) is 3.46. The van der Waals surface area contributed by atoms with Gasteiger partial charge < -0.3 is 5.32 Å². The summed E-state index contributed by atoms with van der Waals surface area (Å²) >= 11 is 0. The molecule has 3 atom stereocenters. The highest BCUT2D eigenvalue weighted by molar-refractivity contribution is 6.00. The molecule has 0 radical (unpaired) electrons. The van der Waals surface area contributed by atoms with Gasteiger partial charge in [-0.05, 0) is 44.7 Å². The van der Waals surface area contributed by atoms with Crippen LogP contribution in [0.5, 0.6) is 0 Å². The standard InChI is InChI=1S/C15H19NO/c1-9-3-4-10(2)12(7-9)15(17)13-8-11-5-6-14(13)16-11/h3-4,7,11,13-14,16H,5-6,8H2,1-2H3. The lowest BCUT2D eigenvalue weighted by atomic mass is 9.82. The van der Waals surface area contributed by atoms with Gasteiger partial charge in [0.1, 0.15) is 0 Å². The molecular formula is C15H19NO. The molecule has 2 heteroatoms. The molecule has 3 unspecified atom stereocenters. The maximum absolute atomic E-state index is 12.6. The monoisotopic (exact) mass is 229 g/mol. The van der Waals surface area contributed by atoms with E-state index in [1.54, 1.807) is 0 Å². The Kier molecular flexibility index (Phi) is 2.55. The van der Waals surface area contributed by atoms with Gasteiger partial charge in [-0.15, -0.1) is 0 Å². The van der Waals surface area contributed by atoms with E-state index in [4.69, 9.17) is 0 Å². The van der Waals surface area contributed by atoms with Crippen molar-refractivity contribution in [1.82, 2.24) is 5.32 Å². The lowest BCUT2D eigenvalue weighted by molar-refractivity contribution is 0.0900. The normalized spacial score (nSPS) is 30.8. The van der Waals surface area contributed by atoms with Gasteiger partial charge in [-0.2, -0.15) is 0 Å². The molecule has 0 amide bonds. The van der Waals surface area contributed by atoms with E-state index in [0.29, 0.717) is 17.9 Å². The zero-order valence-corrected chi connectivity index (χ0v) is 10.5. The second-order valence-electron chi connectivity index (χ2n) is 5.57. The molecule has 3 rings (SSSR count). The molecule has 2 fully saturated rings. The van der Waals surface area contributed by atoms with Crippen molar-refractivity contribution in [1.29, 1.82) is 0 Å². The van der Waals surface area contributed by atoms with E-state index in [1.807, 2.05) is 13.0 Å². The van der Waals surface area contributed by atoms with Gasteiger partial charge in [0, 0.05) is 23.6 Å². The van der Waals surface area contributed by atoms with E-state index < -0.39 is 0 Å². The van der Waals surface area contributed by atoms with Crippen LogP contribution >= 0.6 is 0 Å². The molecule has 0 aliphatic carbocycles. The number of carbonyl (C=O) groups is 1. The van der Waals surface area contributed by atoms with Crippen LogP contribution in [0.25, 0.3) is 0 Å². The van der Waals surface area contributed by atoms with Crippen LogP contribution in [0.2, 0.25) is 0 Å². The number of ketones is 1. The zero-order chi connectivity index (χ0) is 12.0. The van der Waals surface area contributed by atoms with Crippen LogP contribution in [0.4, 0.5) is 0 Å². The number of carbonyl (C=O) groups excluding carboxylic acids is 1. The van der Waals surface area contributed by atoms with E-state index in [9.17, 15) is 4.79 Å². The second-order valence-corrected chi connectivity index (χ2v) is 5.57. The van der Waals surface area contributed by atoms with Crippen molar-refractivity contribution >= 4 is 5.78 Å². The molecule has 1 aromatic rings. The van der Waals surface area contributed by atoms with Crippen LogP contribution in [0.3, 0.4) is 0 Å². The van der Waals surface area contributed by atoms with Crippen LogP contribution in [0, 0.1) is 19.8 Å². The van der Waals surface area contributed by atoms with E-state index >= 15 is 0 Å². The van der Waals surface area contributed by atoms with Crippen molar-refractivity contribution in [2.75, 3.05) is 0 Å². The molecule has 2 aliphatic rings. The van der Waals surface area contributed by atoms with Gasteiger partial charge in [0.2, 0.25) is 0 Å². The number of hydrogen-bond acceptors (Lipinski definition) is 2. The summed E-state index contributed by atoms with van der Waals surface area (Å²) < 4.78 is 0. The highest BCUT2D eigenvalue weighted by Gasteiger charge is 2.42. The Labute approximate surface area is 102 Å². The number of benzene rings is 1. The molecule has 2 aliphatic heterocycles. The van der Waals surface area contributed by atoms with Crippen molar-refractivity contribution in [3.05, 3.63) is 34.9 Å². The molecule has 90 valence electrons. The summed E-state index contributed by atoms with van der Waals surface area (Å²) in [6, 6.07) is 7.21. The topological polar surface area (TPSA) is 29.1 Å². The van der Waals surface area contributed by atoms with Crippen LogP contribution in [0.15, 0.2) is 18.2 Å². The lowest BCUT2D eigenvalue weighted by Gasteiger charge is -2.19. The molecule has 0 saturated carbocycles. The third kappa shape index (κ3) is 1.81. The average molecular weight is 229 g/mol. The molecule has 0 spiro atoms. The summed E-state index contributed by atoms with van der Waals surface area (Å²) in [7, 11) is 0. The minimum atomic E-state index is 0.217. The fourth-order valence-corrected chi connectivity index (χ4v) is 3.31. The highest BCUT2D eigenvalue weighted by atomic mass is 16.1. The first-order valence-electron chi connectivity index (χ1n) is 6.52. The number of Topliss-reactive ketones (excluding diaryl/α,β-unsaturated/α-hetero) is 1. The van der Waals surface area contributed by atoms with Gasteiger partial charge >= 0.3 is 0 Å². The number of rotatable bonds is 2. The Hall–Kier alpha value is -1.15. The number of hydrogen-bond donors (Lipinski definition) is 1. The van der Waals surface area contributed by atoms with Crippen molar-refractivity contribution in [2.45, 2.75) is 45.2 Å². The second kappa shape index (κ2) is 3.95. The molecule has 1 N–H and O–H groups in total. The van der Waals surface area contributed by atoms with Gasteiger partial charge in [0.25, 0.3) is 0 Å². The Morgan fingerprint density at radius 1 is 1.29 bits per heavy atom. The van der Waals surface area contributed by atoms with Crippen LogP contribution in [0.1, 0.15) is 40.7 Å². The zero-order valence-electron chi connectivity index (χ0n) is 10.5. The molecule has 0 aromatic heterocycles. The minimum absolute atomic E-state index is 0.217. The van der Waals surface area contributed by atoms with E-state index in [0.717, 1.165) is 17.5 Å². The summed E-state index contributed by atoms with van der Waals surface area (Å²) in [6.45, 7) is 4.09. The fourth-order valence-electron chi connectivity index (χ4n) is 3.31. The molecule has 1 aromatic carbocycles. The fraction of sp³-hybridized carbons (Fsp3) is 0.533. The highest BCUT2D eigenvalue weighted by Crippen LogP contribution is 2.35. The maximum atomic E-state index is 12.6. The smallest absolute Gasteiger partial charge is 0.167 e. The number of aryl methyl sites for hydroxylation is 2. The predicted molar refractivity (Wildman–Crippen MR) is 68.3 cm³/mol. The van der Waals surface area contributed by atoms with Crippen LogP contribution in [-0.4, -0.2) is 17.9 Å². The van der Waals surface area contributed by atoms with E-state index in [-0.39, 0.29) is 5.92 Å². The number of nitrogens with one attached hydrogen (secondary N) is 1. The third-order valence-corrected chi connectivity index (χ3v) is 4.30. The van der Waals surface area contributed by atoms with Gasteiger partial charge in [-0.3, -0.25) is 4.79 Å². The number of fused-ring (bicyclic) bond motifs is 2. The average Bonchev–Trinajstić information content (AvgIpc) is 2.93. The quantitative estimate of drug-likeness (QED) is 0.790. The molecule has 2 saturated heterocycles. The molecule has 17 heavy (non-hydrogen) atoms. The lowest BCUT2D eigenvalue weighted by Crippen LogP contribution is -2.29. The van der Waals surface area contributed by atoms with E-state index in [2.05, 4.69) is 24.4 Å². The minimum Gasteiger partial charge on any atom is -0.310 e. The van der Waals surface area contributed by atoms with Gasteiger partial charge in [0.15, 0.2) is 5.78 Å². The summed E-state index contributed by atoms with van der Waals surface area (Å²) in [5, 5.41) is 3.54. The largest absolute Gasteiger partial charge is 0.310 e. The summed E-state index contributed by atoms with van der Waals surface area (Å²) in [4.78, 5) is 12.6. The summed E-state index contributed by atoms with van der Waals surface area (Å²) in [5.41, 5.74) is 3.22. The van der Waals surface area contributed by atoms with Crippen molar-refractivity contribution in [2.24, 2.45) is 5.92 Å². The Morgan fingerprint density at radius 3 is 2.76 bits per heavy atom. The van der Waals surface area contributed by atoms with Crippen molar-refractivity contribution in [3.8, 4) is 0 Å². The first-order valence-corrected chi connectivity index (χ1v) is 6.52. The van der Waals surface area contributed by atoms with Gasteiger partial charge in [-0.25, -0.2) is 0 Å². The Balaban J connectivity index is 1.89. The molecular weight excluding hydrogens is 210 g/mol. The predicted octanol–water partition coefficient (Wildman–Crippen LogP) is 2.63. The summed E-state index contributed by atoms with van der Waals surface area (Å²) in [5.74, 6) is 0.570. The molecule has 2 heterocycles. The van der Waals surface area contributed by atoms with Gasteiger partial charge in [0.05, 0.1) is 0 Å². The van der Waals surface area contributed by atoms with Crippen molar-refractivity contribution < 1.29 is 4.79 Å². The SMILES string of the molecule is Cc1ccc(C)c(C(=O)C2CC3CCC2N3)c1. The third-order valence-electron chi connectivity index (χ3n) is 4.30. The first-order chi connectivity index (χ1) is 8.15. The van der Waals surface area contributed by atoms with Crippen LogP contribution < -0.4 is 5.32 Å². The molecule has 2 nitrogen and oxygen atoms in total.